The van der Waals surface area contributed by atoms with E-state index in [0.29, 0.717) is 0 Å². The predicted octanol–water partition coefficient (Wildman–Crippen LogP) is 3.63. The van der Waals surface area contributed by atoms with Gasteiger partial charge in [0, 0.05) is 6.07 Å². The van der Waals surface area contributed by atoms with Crippen LogP contribution in [-0.2, 0) is 15.4 Å². The van der Waals surface area contributed by atoms with Gasteiger partial charge in [-0.15, -0.1) is 0 Å². The Kier molecular flexibility index (Phi) is 4.15. The molecule has 0 fully saturated rings. The van der Waals surface area contributed by atoms with E-state index < -0.39 is 21.6 Å². The average Bonchev–Trinajstić information content (AvgIpc) is 2.42. The molecule has 2 aromatic rings. The third-order valence-electron chi connectivity index (χ3n) is 3.23. The zero-order chi connectivity index (χ0) is 16.5. The first-order chi connectivity index (χ1) is 10.1. The fourth-order valence-corrected chi connectivity index (χ4v) is 2.97. The SMILES string of the molecule is CC(C)(C)c1ccc(S(=O)(=O)Nc2ccc(O)c(F)c2)cc1. The second-order valence-electron chi connectivity index (χ2n) is 6.05. The average molecular weight is 323 g/mol. The fraction of sp³-hybridized carbons (Fsp3) is 0.250. The second kappa shape index (κ2) is 5.61. The Bertz CT molecular complexity index is 778. The number of sulfonamides is 1. The Morgan fingerprint density at radius 2 is 1.64 bits per heavy atom. The van der Waals surface area contributed by atoms with Crippen LogP contribution in [0.25, 0.3) is 0 Å². The van der Waals surface area contributed by atoms with Crippen molar-refractivity contribution in [1.29, 1.82) is 0 Å². The molecule has 0 spiro atoms. The number of phenolic OH excluding ortho intramolecular Hbond substituents is 1. The summed E-state index contributed by atoms with van der Waals surface area (Å²) >= 11 is 0. The molecule has 2 N–H and O–H groups in total. The highest BCUT2D eigenvalue weighted by molar-refractivity contribution is 7.92. The van der Waals surface area contributed by atoms with Gasteiger partial charge in [-0.25, -0.2) is 12.8 Å². The van der Waals surface area contributed by atoms with E-state index in [4.69, 9.17) is 5.11 Å². The van der Waals surface area contributed by atoms with Crippen molar-refractivity contribution < 1.29 is 17.9 Å². The normalized spacial score (nSPS) is 12.2. The van der Waals surface area contributed by atoms with Gasteiger partial charge in [-0.2, -0.15) is 0 Å². The highest BCUT2D eigenvalue weighted by Crippen LogP contribution is 2.25. The van der Waals surface area contributed by atoms with Crippen LogP contribution < -0.4 is 4.72 Å². The summed E-state index contributed by atoms with van der Waals surface area (Å²) in [4.78, 5) is 0.0917. The maximum atomic E-state index is 13.3. The highest BCUT2D eigenvalue weighted by Gasteiger charge is 2.18. The van der Waals surface area contributed by atoms with E-state index in [-0.39, 0.29) is 16.0 Å². The molecule has 6 heteroatoms. The minimum absolute atomic E-state index is 0.0511. The summed E-state index contributed by atoms with van der Waals surface area (Å²) in [6, 6.07) is 9.85. The summed E-state index contributed by atoms with van der Waals surface area (Å²) in [5.41, 5.74) is 0.993. The van der Waals surface area contributed by atoms with Crippen LogP contribution in [0.1, 0.15) is 26.3 Å². The number of hydrogen-bond acceptors (Lipinski definition) is 3. The van der Waals surface area contributed by atoms with Gasteiger partial charge in [0.15, 0.2) is 11.6 Å². The number of benzene rings is 2. The molecule has 0 radical (unpaired) electrons. The van der Waals surface area contributed by atoms with Gasteiger partial charge in [0.2, 0.25) is 0 Å². The smallest absolute Gasteiger partial charge is 0.261 e. The predicted molar refractivity (Wildman–Crippen MR) is 84.0 cm³/mol. The topological polar surface area (TPSA) is 66.4 Å². The van der Waals surface area contributed by atoms with Gasteiger partial charge >= 0.3 is 0 Å². The first kappa shape index (κ1) is 16.3. The van der Waals surface area contributed by atoms with E-state index in [2.05, 4.69) is 4.72 Å². The maximum Gasteiger partial charge on any atom is 0.261 e. The van der Waals surface area contributed by atoms with E-state index in [1.54, 1.807) is 12.1 Å². The van der Waals surface area contributed by atoms with Crippen molar-refractivity contribution >= 4 is 15.7 Å². The number of aromatic hydroxyl groups is 1. The fourth-order valence-electron chi connectivity index (χ4n) is 1.92. The molecule has 0 heterocycles. The van der Waals surface area contributed by atoms with Crippen LogP contribution in [0, 0.1) is 5.82 Å². The van der Waals surface area contributed by atoms with Crippen LogP contribution in [0.5, 0.6) is 5.75 Å². The van der Waals surface area contributed by atoms with Crippen molar-refractivity contribution in [1.82, 2.24) is 0 Å². The van der Waals surface area contributed by atoms with Crippen LogP contribution in [0.3, 0.4) is 0 Å². The molecule has 0 unspecified atom stereocenters. The van der Waals surface area contributed by atoms with Gasteiger partial charge in [-0.3, -0.25) is 4.72 Å². The molecule has 0 aromatic heterocycles. The lowest BCUT2D eigenvalue weighted by atomic mass is 9.87. The summed E-state index contributed by atoms with van der Waals surface area (Å²) in [6.45, 7) is 6.11. The van der Waals surface area contributed by atoms with Crippen molar-refractivity contribution in [2.45, 2.75) is 31.1 Å². The highest BCUT2D eigenvalue weighted by atomic mass is 32.2. The minimum Gasteiger partial charge on any atom is -0.505 e. The Morgan fingerprint density at radius 3 is 2.14 bits per heavy atom. The molecule has 0 aliphatic heterocycles. The molecule has 0 saturated carbocycles. The van der Waals surface area contributed by atoms with E-state index >= 15 is 0 Å². The number of phenols is 1. The van der Waals surface area contributed by atoms with Crippen molar-refractivity contribution in [2.24, 2.45) is 0 Å². The molecule has 0 bridgehead atoms. The lowest BCUT2D eigenvalue weighted by molar-refractivity contribution is 0.432. The summed E-state index contributed by atoms with van der Waals surface area (Å²) in [6.07, 6.45) is 0. The molecule has 0 aliphatic rings. The molecule has 0 atom stereocenters. The summed E-state index contributed by atoms with van der Waals surface area (Å²) in [7, 11) is -3.80. The molecule has 0 saturated heterocycles. The van der Waals surface area contributed by atoms with Crippen LogP contribution in [0.4, 0.5) is 10.1 Å². The van der Waals surface area contributed by atoms with Crippen molar-refractivity contribution in [2.75, 3.05) is 4.72 Å². The lowest BCUT2D eigenvalue weighted by Crippen LogP contribution is -2.15. The van der Waals surface area contributed by atoms with E-state index in [9.17, 15) is 12.8 Å². The number of nitrogens with one attached hydrogen (secondary N) is 1. The van der Waals surface area contributed by atoms with E-state index in [1.807, 2.05) is 20.8 Å². The molecule has 4 nitrogen and oxygen atoms in total. The third kappa shape index (κ3) is 3.57. The second-order valence-corrected chi connectivity index (χ2v) is 7.73. The largest absolute Gasteiger partial charge is 0.505 e. The summed E-state index contributed by atoms with van der Waals surface area (Å²) in [5, 5.41) is 9.11. The zero-order valence-corrected chi connectivity index (χ0v) is 13.4. The number of hydrogen-bond donors (Lipinski definition) is 2. The zero-order valence-electron chi connectivity index (χ0n) is 12.6. The molecule has 0 amide bonds. The molecule has 118 valence electrons. The summed E-state index contributed by atoms with van der Waals surface area (Å²) in [5.74, 6) is -1.42. The molecule has 2 rings (SSSR count). The standard InChI is InChI=1S/C16H18FNO3S/c1-16(2,3)11-4-7-13(8-5-11)22(20,21)18-12-6-9-15(19)14(17)10-12/h4-10,18-19H,1-3H3. The van der Waals surface area contributed by atoms with Gasteiger partial charge in [-0.1, -0.05) is 32.9 Å². The molecular formula is C16H18FNO3S. The van der Waals surface area contributed by atoms with Gasteiger partial charge in [0.05, 0.1) is 10.6 Å². The molecule has 2 aromatic carbocycles. The van der Waals surface area contributed by atoms with Crippen molar-refractivity contribution in [3.63, 3.8) is 0 Å². The monoisotopic (exact) mass is 323 g/mol. The van der Waals surface area contributed by atoms with Crippen LogP contribution in [-0.4, -0.2) is 13.5 Å². The van der Waals surface area contributed by atoms with E-state index in [1.165, 1.54) is 18.2 Å². The number of anilines is 1. The van der Waals surface area contributed by atoms with Crippen molar-refractivity contribution in [3.05, 3.63) is 53.8 Å². The van der Waals surface area contributed by atoms with Crippen LogP contribution in [0.2, 0.25) is 0 Å². The Labute approximate surface area is 129 Å². The van der Waals surface area contributed by atoms with Crippen molar-refractivity contribution in [3.8, 4) is 5.75 Å². The van der Waals surface area contributed by atoms with Crippen LogP contribution >= 0.6 is 0 Å². The Hall–Kier alpha value is -2.08. The lowest BCUT2D eigenvalue weighted by Gasteiger charge is -2.19. The summed E-state index contributed by atoms with van der Waals surface area (Å²) < 4.78 is 40.1. The first-order valence-corrected chi connectivity index (χ1v) is 8.20. The quantitative estimate of drug-likeness (QED) is 0.848. The Morgan fingerprint density at radius 1 is 1.05 bits per heavy atom. The third-order valence-corrected chi connectivity index (χ3v) is 4.63. The number of halogens is 1. The maximum absolute atomic E-state index is 13.3. The minimum atomic E-state index is -3.80. The van der Waals surface area contributed by atoms with Gasteiger partial charge in [-0.05, 0) is 35.2 Å². The molecule has 22 heavy (non-hydrogen) atoms. The van der Waals surface area contributed by atoms with Gasteiger partial charge in [0.25, 0.3) is 10.0 Å². The van der Waals surface area contributed by atoms with Crippen LogP contribution in [0.15, 0.2) is 47.4 Å². The Balaban J connectivity index is 2.28. The number of rotatable bonds is 3. The van der Waals surface area contributed by atoms with E-state index in [0.717, 1.165) is 17.7 Å². The van der Waals surface area contributed by atoms with Gasteiger partial charge < -0.3 is 5.11 Å². The molecule has 0 aliphatic carbocycles. The first-order valence-electron chi connectivity index (χ1n) is 6.71. The molecular weight excluding hydrogens is 305 g/mol. The van der Waals surface area contributed by atoms with Gasteiger partial charge in [0.1, 0.15) is 0 Å².